The molecule has 0 N–H and O–H groups in total. The van der Waals surface area contributed by atoms with Gasteiger partial charge in [0.15, 0.2) is 19.0 Å². The van der Waals surface area contributed by atoms with Crippen molar-refractivity contribution < 1.29 is 23.9 Å². The average Bonchev–Trinajstić information content (AvgIpc) is 2.46. The molecule has 1 fully saturated rings. The molecular weight excluding hydrogens is 276 g/mol. The first-order valence-electron chi connectivity index (χ1n) is 7.19. The van der Waals surface area contributed by atoms with Crippen LogP contribution in [0.1, 0.15) is 33.6 Å². The number of ether oxygens (including phenoxy) is 2. The van der Waals surface area contributed by atoms with Crippen molar-refractivity contribution in [2.45, 2.75) is 45.3 Å². The van der Waals surface area contributed by atoms with Gasteiger partial charge in [0.05, 0.1) is 0 Å². The molecule has 0 aromatic carbocycles. The molecule has 0 aromatic heterocycles. The van der Waals surface area contributed by atoms with Gasteiger partial charge in [-0.2, -0.15) is 0 Å². The second-order valence-electron chi connectivity index (χ2n) is 6.26. The highest BCUT2D eigenvalue weighted by Gasteiger charge is 2.32. The lowest BCUT2D eigenvalue weighted by Gasteiger charge is -2.34. The quantitative estimate of drug-likeness (QED) is 0.723. The van der Waals surface area contributed by atoms with Crippen LogP contribution >= 0.6 is 0 Å². The average molecular weight is 298 g/mol. The molecule has 2 aliphatic heterocycles. The fourth-order valence-electron chi connectivity index (χ4n) is 2.26. The lowest BCUT2D eigenvalue weighted by atomic mass is 9.97. The number of aldehydes is 1. The van der Waals surface area contributed by atoms with E-state index in [2.05, 4.69) is 5.16 Å². The molecule has 2 heterocycles. The van der Waals surface area contributed by atoms with Gasteiger partial charge in [-0.1, -0.05) is 5.16 Å². The fourth-order valence-corrected chi connectivity index (χ4v) is 2.26. The summed E-state index contributed by atoms with van der Waals surface area (Å²) in [4.78, 5) is 29.4. The normalized spacial score (nSPS) is 23.7. The fraction of sp³-hybridized carbons (Fsp3) is 0.786. The monoisotopic (exact) mass is 298 g/mol. The highest BCUT2D eigenvalue weighted by atomic mass is 16.7. The summed E-state index contributed by atoms with van der Waals surface area (Å²) in [7, 11) is 0. The Balaban J connectivity index is 1.84. The number of rotatable bonds is 2. The number of likely N-dealkylation sites (tertiary alicyclic amines) is 1. The van der Waals surface area contributed by atoms with Crippen molar-refractivity contribution in [2.24, 2.45) is 11.1 Å². The smallest absolute Gasteiger partial charge is 0.410 e. The highest BCUT2D eigenvalue weighted by Crippen LogP contribution is 2.23. The van der Waals surface area contributed by atoms with Gasteiger partial charge in [0.25, 0.3) is 0 Å². The topological polar surface area (TPSA) is 77.4 Å². The maximum atomic E-state index is 12.0. The molecule has 7 nitrogen and oxygen atoms in total. The van der Waals surface area contributed by atoms with Crippen LogP contribution in [-0.4, -0.2) is 54.6 Å². The van der Waals surface area contributed by atoms with Crippen LogP contribution in [0.15, 0.2) is 5.16 Å². The van der Waals surface area contributed by atoms with Gasteiger partial charge in [0.2, 0.25) is 5.90 Å². The largest absolute Gasteiger partial charge is 0.464 e. The zero-order chi connectivity index (χ0) is 15.5. The Kier molecular flexibility index (Phi) is 4.69. The van der Waals surface area contributed by atoms with Crippen LogP contribution in [0.3, 0.4) is 0 Å². The molecule has 1 atom stereocenters. The molecule has 2 aliphatic rings. The van der Waals surface area contributed by atoms with E-state index in [1.54, 1.807) is 4.90 Å². The van der Waals surface area contributed by atoms with Gasteiger partial charge in [0.1, 0.15) is 5.60 Å². The third-order valence-electron chi connectivity index (χ3n) is 3.31. The number of carbonyl (C=O) groups excluding carboxylic acids is 2. The molecule has 1 unspecified atom stereocenters. The molecule has 0 radical (unpaired) electrons. The molecular formula is C14H22N2O5. The van der Waals surface area contributed by atoms with Crippen LogP contribution in [0.5, 0.6) is 0 Å². The molecule has 0 aromatic rings. The Morgan fingerprint density at radius 3 is 2.62 bits per heavy atom. The van der Waals surface area contributed by atoms with Gasteiger partial charge in [0, 0.05) is 19.0 Å². The Morgan fingerprint density at radius 2 is 2.05 bits per heavy atom. The SMILES string of the molecule is CC(C)(C)OC(=O)N1CCC(C2=NOCC(C=O)O2)CC1. The number of hydrogen-bond donors (Lipinski definition) is 0. The van der Waals surface area contributed by atoms with Crippen LogP contribution in [0.25, 0.3) is 0 Å². The van der Waals surface area contributed by atoms with Crippen LogP contribution < -0.4 is 0 Å². The van der Waals surface area contributed by atoms with Crippen molar-refractivity contribution in [3.05, 3.63) is 0 Å². The van der Waals surface area contributed by atoms with E-state index in [0.29, 0.717) is 38.1 Å². The van der Waals surface area contributed by atoms with Gasteiger partial charge in [-0.15, -0.1) is 0 Å². The highest BCUT2D eigenvalue weighted by molar-refractivity contribution is 5.81. The van der Waals surface area contributed by atoms with E-state index in [1.807, 2.05) is 20.8 Å². The first-order chi connectivity index (χ1) is 9.89. The minimum absolute atomic E-state index is 0.0754. The number of amides is 1. The van der Waals surface area contributed by atoms with E-state index < -0.39 is 11.7 Å². The molecule has 21 heavy (non-hydrogen) atoms. The van der Waals surface area contributed by atoms with Gasteiger partial charge in [-0.3, -0.25) is 4.79 Å². The van der Waals surface area contributed by atoms with Crippen molar-refractivity contribution in [3.63, 3.8) is 0 Å². The van der Waals surface area contributed by atoms with E-state index in [1.165, 1.54) is 0 Å². The summed E-state index contributed by atoms with van der Waals surface area (Å²) in [6.07, 6.45) is 1.26. The van der Waals surface area contributed by atoms with Crippen LogP contribution in [-0.2, 0) is 19.1 Å². The zero-order valence-electron chi connectivity index (χ0n) is 12.7. The van der Waals surface area contributed by atoms with Crippen molar-refractivity contribution in [2.75, 3.05) is 19.7 Å². The summed E-state index contributed by atoms with van der Waals surface area (Å²) in [5.41, 5.74) is -0.491. The maximum Gasteiger partial charge on any atom is 0.410 e. The minimum atomic E-state index is -0.582. The summed E-state index contributed by atoms with van der Waals surface area (Å²) in [5, 5.41) is 3.88. The van der Waals surface area contributed by atoms with Gasteiger partial charge in [-0.05, 0) is 33.6 Å². The van der Waals surface area contributed by atoms with E-state index in [9.17, 15) is 9.59 Å². The van der Waals surface area contributed by atoms with E-state index in [4.69, 9.17) is 14.3 Å². The predicted molar refractivity (Wildman–Crippen MR) is 74.9 cm³/mol. The van der Waals surface area contributed by atoms with Crippen molar-refractivity contribution in [3.8, 4) is 0 Å². The molecule has 2 rings (SSSR count). The molecule has 0 bridgehead atoms. The molecule has 0 aliphatic carbocycles. The molecule has 0 spiro atoms. The number of hydrogen-bond acceptors (Lipinski definition) is 6. The number of oxime groups is 1. The lowest BCUT2D eigenvalue weighted by molar-refractivity contribution is -0.119. The second kappa shape index (κ2) is 6.32. The third-order valence-corrected chi connectivity index (χ3v) is 3.31. The summed E-state index contributed by atoms with van der Waals surface area (Å²) < 4.78 is 10.8. The van der Waals surface area contributed by atoms with Gasteiger partial charge in [-0.25, -0.2) is 4.79 Å². The summed E-state index contributed by atoms with van der Waals surface area (Å²) in [6.45, 7) is 6.85. The van der Waals surface area contributed by atoms with Crippen LogP contribution in [0, 0.1) is 5.92 Å². The van der Waals surface area contributed by atoms with E-state index >= 15 is 0 Å². The van der Waals surface area contributed by atoms with Crippen molar-refractivity contribution in [1.29, 1.82) is 0 Å². The first-order valence-corrected chi connectivity index (χ1v) is 7.19. The number of piperidine rings is 1. The predicted octanol–water partition coefficient (Wildman–Crippen LogP) is 1.56. The molecule has 1 saturated heterocycles. The summed E-state index contributed by atoms with van der Waals surface area (Å²) in [5.74, 6) is 0.536. The van der Waals surface area contributed by atoms with Gasteiger partial charge < -0.3 is 19.2 Å². The van der Waals surface area contributed by atoms with E-state index in [-0.39, 0.29) is 18.6 Å². The first kappa shape index (κ1) is 15.6. The lowest BCUT2D eigenvalue weighted by Crippen LogP contribution is -2.44. The summed E-state index contributed by atoms with van der Waals surface area (Å²) in [6, 6.07) is 0. The zero-order valence-corrected chi connectivity index (χ0v) is 12.7. The van der Waals surface area contributed by atoms with Crippen molar-refractivity contribution in [1.82, 2.24) is 4.90 Å². The molecule has 1 amide bonds. The van der Waals surface area contributed by atoms with Crippen molar-refractivity contribution >= 4 is 18.3 Å². The van der Waals surface area contributed by atoms with Gasteiger partial charge >= 0.3 is 6.09 Å². The number of carbonyl (C=O) groups is 2. The second-order valence-corrected chi connectivity index (χ2v) is 6.26. The number of nitrogens with zero attached hydrogens (tertiary/aromatic N) is 2. The molecule has 7 heteroatoms. The van der Waals surface area contributed by atoms with Crippen LogP contribution in [0.4, 0.5) is 4.79 Å². The molecule has 118 valence electrons. The Bertz CT molecular complexity index is 422. The Hall–Kier alpha value is -1.79. The third kappa shape index (κ3) is 4.34. The summed E-state index contributed by atoms with van der Waals surface area (Å²) >= 11 is 0. The van der Waals surface area contributed by atoms with Crippen LogP contribution in [0.2, 0.25) is 0 Å². The standard InChI is InChI=1S/C14H22N2O5/c1-14(2,3)21-13(18)16-6-4-10(5-7-16)12-15-19-9-11(8-17)20-12/h8,10-11H,4-7,9H2,1-3H3. The molecule has 0 saturated carbocycles. The minimum Gasteiger partial charge on any atom is -0.464 e. The van der Waals surface area contributed by atoms with E-state index in [0.717, 1.165) is 0 Å². The maximum absolute atomic E-state index is 12.0. The Labute approximate surface area is 124 Å². The Morgan fingerprint density at radius 1 is 1.38 bits per heavy atom.